The normalized spacial score (nSPS) is 38.5. The molecule has 2 N–H and O–H groups in total. The van der Waals surface area contributed by atoms with Crippen LogP contribution in [-0.2, 0) is 10.2 Å². The maximum absolute atomic E-state index is 6.01. The third-order valence-corrected chi connectivity index (χ3v) is 4.03. The van der Waals surface area contributed by atoms with Crippen LogP contribution >= 0.6 is 0 Å². The summed E-state index contributed by atoms with van der Waals surface area (Å²) in [7, 11) is 0. The molecule has 0 aliphatic carbocycles. The van der Waals surface area contributed by atoms with Crippen molar-refractivity contribution in [2.75, 3.05) is 6.54 Å². The summed E-state index contributed by atoms with van der Waals surface area (Å²) in [5.74, 6) is 0. The summed E-state index contributed by atoms with van der Waals surface area (Å²) in [5.41, 5.74) is 7.47. The van der Waals surface area contributed by atoms with Crippen molar-refractivity contribution in [3.8, 4) is 0 Å². The molecule has 0 saturated carbocycles. The fourth-order valence-electron chi connectivity index (χ4n) is 3.21. The first-order chi connectivity index (χ1) is 7.35. The predicted octanol–water partition coefficient (Wildman–Crippen LogP) is 1.83. The molecule has 15 heavy (non-hydrogen) atoms. The SMILES string of the molecule is NCC1(c2ccccc2)CC2CCC1O2. The van der Waals surface area contributed by atoms with E-state index < -0.39 is 0 Å². The predicted molar refractivity (Wildman–Crippen MR) is 59.7 cm³/mol. The van der Waals surface area contributed by atoms with Crippen LogP contribution in [0.3, 0.4) is 0 Å². The Morgan fingerprint density at radius 3 is 2.60 bits per heavy atom. The van der Waals surface area contributed by atoms with Gasteiger partial charge in [0.05, 0.1) is 12.2 Å². The van der Waals surface area contributed by atoms with Crippen molar-refractivity contribution in [2.24, 2.45) is 5.73 Å². The topological polar surface area (TPSA) is 35.2 Å². The first-order valence-corrected chi connectivity index (χ1v) is 5.76. The average molecular weight is 203 g/mol. The van der Waals surface area contributed by atoms with Gasteiger partial charge in [-0.1, -0.05) is 30.3 Å². The van der Waals surface area contributed by atoms with Gasteiger partial charge in [-0.05, 0) is 24.8 Å². The Labute approximate surface area is 90.4 Å². The lowest BCUT2D eigenvalue weighted by molar-refractivity contribution is 0.0857. The fourth-order valence-corrected chi connectivity index (χ4v) is 3.21. The molecule has 2 aliphatic heterocycles. The van der Waals surface area contributed by atoms with Crippen LogP contribution in [0.5, 0.6) is 0 Å². The highest BCUT2D eigenvalue weighted by Crippen LogP contribution is 2.48. The lowest BCUT2D eigenvalue weighted by Crippen LogP contribution is -2.43. The van der Waals surface area contributed by atoms with Crippen molar-refractivity contribution in [3.63, 3.8) is 0 Å². The van der Waals surface area contributed by atoms with Crippen LogP contribution in [0.2, 0.25) is 0 Å². The van der Waals surface area contributed by atoms with Crippen LogP contribution in [0, 0.1) is 0 Å². The minimum Gasteiger partial charge on any atom is -0.374 e. The van der Waals surface area contributed by atoms with Crippen LogP contribution in [0.15, 0.2) is 30.3 Å². The van der Waals surface area contributed by atoms with Gasteiger partial charge in [0.2, 0.25) is 0 Å². The summed E-state index contributed by atoms with van der Waals surface area (Å²) in [4.78, 5) is 0. The van der Waals surface area contributed by atoms with Crippen LogP contribution in [0.25, 0.3) is 0 Å². The van der Waals surface area contributed by atoms with E-state index in [0.717, 1.165) is 6.42 Å². The Balaban J connectivity index is 2.01. The molecule has 0 spiro atoms. The number of nitrogens with two attached hydrogens (primary N) is 1. The lowest BCUT2D eigenvalue weighted by Gasteiger charge is -2.34. The summed E-state index contributed by atoms with van der Waals surface area (Å²) in [6, 6.07) is 10.6. The average Bonchev–Trinajstić information content (AvgIpc) is 2.90. The first kappa shape index (κ1) is 9.37. The molecule has 2 fully saturated rings. The van der Waals surface area contributed by atoms with Crippen LogP contribution in [0.4, 0.5) is 0 Å². The van der Waals surface area contributed by atoms with E-state index in [4.69, 9.17) is 10.5 Å². The molecule has 1 aromatic rings. The fraction of sp³-hybridized carbons (Fsp3) is 0.538. The van der Waals surface area contributed by atoms with Crippen LogP contribution in [0.1, 0.15) is 24.8 Å². The highest BCUT2D eigenvalue weighted by molar-refractivity contribution is 5.30. The Morgan fingerprint density at radius 1 is 1.27 bits per heavy atom. The molecule has 0 aromatic heterocycles. The smallest absolute Gasteiger partial charge is 0.0689 e. The van der Waals surface area contributed by atoms with E-state index in [1.807, 2.05) is 0 Å². The minimum atomic E-state index is 0.101. The summed E-state index contributed by atoms with van der Waals surface area (Å²) in [5, 5.41) is 0. The largest absolute Gasteiger partial charge is 0.374 e. The second-order valence-electron chi connectivity index (χ2n) is 4.75. The molecule has 2 saturated heterocycles. The van der Waals surface area contributed by atoms with E-state index >= 15 is 0 Å². The molecule has 0 amide bonds. The van der Waals surface area contributed by atoms with E-state index in [-0.39, 0.29) is 5.41 Å². The third-order valence-electron chi connectivity index (χ3n) is 4.03. The molecule has 3 atom stereocenters. The van der Waals surface area contributed by atoms with E-state index in [0.29, 0.717) is 18.8 Å². The Bertz CT molecular complexity index is 351. The maximum Gasteiger partial charge on any atom is 0.0689 e. The minimum absolute atomic E-state index is 0.101. The molecule has 3 unspecified atom stereocenters. The monoisotopic (exact) mass is 203 g/mol. The van der Waals surface area contributed by atoms with Gasteiger partial charge >= 0.3 is 0 Å². The zero-order valence-electron chi connectivity index (χ0n) is 8.86. The Morgan fingerprint density at radius 2 is 2.07 bits per heavy atom. The van der Waals surface area contributed by atoms with Crippen molar-refractivity contribution in [1.29, 1.82) is 0 Å². The van der Waals surface area contributed by atoms with Crippen LogP contribution < -0.4 is 5.73 Å². The molecule has 1 aromatic carbocycles. The summed E-state index contributed by atoms with van der Waals surface area (Å²) in [6.45, 7) is 0.707. The van der Waals surface area contributed by atoms with Crippen LogP contribution in [-0.4, -0.2) is 18.8 Å². The summed E-state index contributed by atoms with van der Waals surface area (Å²) < 4.78 is 5.95. The Kier molecular flexibility index (Phi) is 2.08. The van der Waals surface area contributed by atoms with Crippen molar-refractivity contribution >= 4 is 0 Å². The van der Waals surface area contributed by atoms with Gasteiger partial charge in [0.25, 0.3) is 0 Å². The third kappa shape index (κ3) is 1.25. The quantitative estimate of drug-likeness (QED) is 0.796. The number of benzene rings is 1. The van der Waals surface area contributed by atoms with Gasteiger partial charge in [0, 0.05) is 12.0 Å². The van der Waals surface area contributed by atoms with Gasteiger partial charge < -0.3 is 10.5 Å². The number of hydrogen-bond acceptors (Lipinski definition) is 2. The zero-order chi connectivity index (χ0) is 10.3. The zero-order valence-corrected chi connectivity index (χ0v) is 8.86. The van der Waals surface area contributed by atoms with Gasteiger partial charge in [0.1, 0.15) is 0 Å². The van der Waals surface area contributed by atoms with Gasteiger partial charge in [-0.2, -0.15) is 0 Å². The van der Waals surface area contributed by atoms with Crippen molar-refractivity contribution < 1.29 is 4.74 Å². The highest BCUT2D eigenvalue weighted by atomic mass is 16.5. The number of hydrogen-bond donors (Lipinski definition) is 1. The molecule has 2 heteroatoms. The molecular weight excluding hydrogens is 186 g/mol. The standard InChI is InChI=1S/C13H17NO/c14-9-13(10-4-2-1-3-5-10)8-11-6-7-12(13)15-11/h1-5,11-12H,6-9,14H2. The van der Waals surface area contributed by atoms with Gasteiger partial charge in [-0.15, -0.1) is 0 Å². The first-order valence-electron chi connectivity index (χ1n) is 5.76. The Hall–Kier alpha value is -0.860. The molecule has 3 rings (SSSR count). The summed E-state index contributed by atoms with van der Waals surface area (Å²) in [6.07, 6.45) is 4.32. The molecule has 2 heterocycles. The molecular formula is C13H17NO. The maximum atomic E-state index is 6.01. The molecule has 2 bridgehead atoms. The van der Waals surface area contributed by atoms with E-state index in [2.05, 4.69) is 30.3 Å². The number of rotatable bonds is 2. The molecule has 2 aliphatic rings. The van der Waals surface area contributed by atoms with E-state index in [1.165, 1.54) is 18.4 Å². The number of ether oxygens (including phenoxy) is 1. The van der Waals surface area contributed by atoms with E-state index in [9.17, 15) is 0 Å². The van der Waals surface area contributed by atoms with E-state index in [1.54, 1.807) is 0 Å². The lowest BCUT2D eigenvalue weighted by atomic mass is 9.69. The van der Waals surface area contributed by atoms with Crippen molar-refractivity contribution in [1.82, 2.24) is 0 Å². The summed E-state index contributed by atoms with van der Waals surface area (Å²) >= 11 is 0. The molecule has 2 nitrogen and oxygen atoms in total. The second-order valence-corrected chi connectivity index (χ2v) is 4.75. The highest BCUT2D eigenvalue weighted by Gasteiger charge is 2.52. The van der Waals surface area contributed by atoms with Gasteiger partial charge in [-0.25, -0.2) is 0 Å². The molecule has 80 valence electrons. The van der Waals surface area contributed by atoms with Gasteiger partial charge in [-0.3, -0.25) is 0 Å². The second kappa shape index (κ2) is 3.32. The van der Waals surface area contributed by atoms with Crippen molar-refractivity contribution in [2.45, 2.75) is 36.9 Å². The number of fused-ring (bicyclic) bond motifs is 2. The van der Waals surface area contributed by atoms with Crippen molar-refractivity contribution in [3.05, 3.63) is 35.9 Å². The van der Waals surface area contributed by atoms with Gasteiger partial charge in [0.15, 0.2) is 0 Å². The molecule has 0 radical (unpaired) electrons.